The number of piperazine rings is 1. The van der Waals surface area contributed by atoms with E-state index in [1.54, 1.807) is 12.1 Å². The zero-order chi connectivity index (χ0) is 18.7. The van der Waals surface area contributed by atoms with Gasteiger partial charge in [0.2, 0.25) is 0 Å². The van der Waals surface area contributed by atoms with Crippen molar-refractivity contribution in [2.45, 2.75) is 19.4 Å². The van der Waals surface area contributed by atoms with Crippen molar-refractivity contribution in [1.82, 2.24) is 10.2 Å². The van der Waals surface area contributed by atoms with Crippen LogP contribution >= 0.6 is 11.6 Å². The van der Waals surface area contributed by atoms with Crippen molar-refractivity contribution in [1.29, 1.82) is 0 Å². The van der Waals surface area contributed by atoms with E-state index < -0.39 is 5.54 Å². The number of carbonyl (C=O) groups excluding carboxylic acids is 1. The minimum absolute atomic E-state index is 0.106. The average molecular weight is 376 g/mol. The number of carbonyl (C=O) groups is 1. The first-order valence-corrected chi connectivity index (χ1v) is 9.06. The number of hydrogen-bond acceptors (Lipinski definition) is 2. The van der Waals surface area contributed by atoms with E-state index >= 15 is 0 Å². The predicted octanol–water partition coefficient (Wildman–Crippen LogP) is 4.25. The van der Waals surface area contributed by atoms with E-state index in [0.717, 1.165) is 24.3 Å². The number of halogens is 2. The lowest BCUT2D eigenvalue weighted by molar-refractivity contribution is 0.183. The van der Waals surface area contributed by atoms with Gasteiger partial charge in [0.05, 0.1) is 5.54 Å². The first kappa shape index (κ1) is 18.5. The Bertz CT molecular complexity index is 771. The molecule has 2 amide bonds. The Hall–Kier alpha value is -2.27. The van der Waals surface area contributed by atoms with E-state index in [-0.39, 0.29) is 11.8 Å². The second-order valence-corrected chi connectivity index (χ2v) is 7.45. The average Bonchev–Trinajstić information content (AvgIpc) is 2.62. The van der Waals surface area contributed by atoms with Crippen molar-refractivity contribution in [2.24, 2.45) is 0 Å². The maximum Gasteiger partial charge on any atom is 0.318 e. The molecule has 1 aliphatic rings. The summed E-state index contributed by atoms with van der Waals surface area (Å²) in [5.74, 6) is -0.284. The van der Waals surface area contributed by atoms with Crippen molar-refractivity contribution >= 4 is 23.3 Å². The SMILES string of the molecule is CC(C)(NC(=O)N1CCN(c2cccc(Cl)c2)CC1)c1ccc(F)cc1. The normalized spacial score (nSPS) is 15.1. The molecule has 1 aliphatic heterocycles. The minimum atomic E-state index is -0.575. The Morgan fingerprint density at radius 1 is 1.08 bits per heavy atom. The van der Waals surface area contributed by atoms with Gasteiger partial charge in [-0.1, -0.05) is 29.8 Å². The van der Waals surface area contributed by atoms with Crippen molar-refractivity contribution in [3.63, 3.8) is 0 Å². The van der Waals surface area contributed by atoms with Crippen LogP contribution in [0.15, 0.2) is 48.5 Å². The van der Waals surface area contributed by atoms with Gasteiger partial charge in [-0.3, -0.25) is 0 Å². The molecule has 1 N–H and O–H groups in total. The summed E-state index contributed by atoms with van der Waals surface area (Å²) < 4.78 is 13.1. The Morgan fingerprint density at radius 3 is 2.35 bits per heavy atom. The Morgan fingerprint density at radius 2 is 1.73 bits per heavy atom. The summed E-state index contributed by atoms with van der Waals surface area (Å²) >= 11 is 6.06. The molecule has 3 rings (SSSR count). The number of amides is 2. The first-order valence-electron chi connectivity index (χ1n) is 8.69. The summed E-state index contributed by atoms with van der Waals surface area (Å²) in [5, 5.41) is 3.76. The van der Waals surface area contributed by atoms with Crippen molar-refractivity contribution in [2.75, 3.05) is 31.1 Å². The van der Waals surface area contributed by atoms with Crippen molar-refractivity contribution in [3.8, 4) is 0 Å². The Kier molecular flexibility index (Phi) is 5.37. The highest BCUT2D eigenvalue weighted by Gasteiger charge is 2.27. The van der Waals surface area contributed by atoms with Crippen LogP contribution in [0.25, 0.3) is 0 Å². The van der Waals surface area contributed by atoms with Gasteiger partial charge < -0.3 is 15.1 Å². The monoisotopic (exact) mass is 375 g/mol. The van der Waals surface area contributed by atoms with Crippen LogP contribution in [0.1, 0.15) is 19.4 Å². The van der Waals surface area contributed by atoms with Crippen molar-refractivity contribution < 1.29 is 9.18 Å². The summed E-state index contributed by atoms with van der Waals surface area (Å²) in [6.07, 6.45) is 0. The lowest BCUT2D eigenvalue weighted by Crippen LogP contribution is -2.55. The van der Waals surface area contributed by atoms with E-state index in [0.29, 0.717) is 18.1 Å². The second kappa shape index (κ2) is 7.54. The molecular formula is C20H23ClFN3O. The third-order valence-electron chi connectivity index (χ3n) is 4.73. The highest BCUT2D eigenvalue weighted by atomic mass is 35.5. The number of rotatable bonds is 3. The Labute approximate surface area is 158 Å². The van der Waals surface area contributed by atoms with Gasteiger partial charge in [-0.25, -0.2) is 9.18 Å². The number of benzene rings is 2. The fourth-order valence-electron chi connectivity index (χ4n) is 3.13. The van der Waals surface area contributed by atoms with E-state index in [1.807, 2.05) is 43.0 Å². The van der Waals surface area contributed by atoms with Crippen LogP contribution in [-0.4, -0.2) is 37.1 Å². The molecule has 0 saturated carbocycles. The fourth-order valence-corrected chi connectivity index (χ4v) is 3.31. The van der Waals surface area contributed by atoms with Gasteiger partial charge in [-0.15, -0.1) is 0 Å². The van der Waals surface area contributed by atoms with Gasteiger partial charge in [-0.2, -0.15) is 0 Å². The lowest BCUT2D eigenvalue weighted by atomic mass is 9.94. The molecular weight excluding hydrogens is 353 g/mol. The molecule has 0 atom stereocenters. The number of hydrogen-bond donors (Lipinski definition) is 1. The predicted molar refractivity (Wildman–Crippen MR) is 103 cm³/mol. The zero-order valence-electron chi connectivity index (χ0n) is 15.0. The van der Waals surface area contributed by atoms with Gasteiger partial charge in [-0.05, 0) is 49.7 Å². The van der Waals surface area contributed by atoms with Crippen LogP contribution in [0.2, 0.25) is 5.02 Å². The number of anilines is 1. The zero-order valence-corrected chi connectivity index (χ0v) is 15.8. The molecule has 0 radical (unpaired) electrons. The molecule has 138 valence electrons. The summed E-state index contributed by atoms with van der Waals surface area (Å²) in [5.41, 5.74) is 1.36. The van der Waals surface area contributed by atoms with E-state index in [9.17, 15) is 9.18 Å². The maximum atomic E-state index is 13.1. The minimum Gasteiger partial charge on any atom is -0.368 e. The van der Waals surface area contributed by atoms with Crippen LogP contribution in [0.5, 0.6) is 0 Å². The molecule has 0 aliphatic carbocycles. The molecule has 26 heavy (non-hydrogen) atoms. The summed E-state index contributed by atoms with van der Waals surface area (Å²) in [6, 6.07) is 13.9. The van der Waals surface area contributed by atoms with Crippen molar-refractivity contribution in [3.05, 3.63) is 64.9 Å². The third kappa shape index (κ3) is 4.28. The van der Waals surface area contributed by atoms with Crippen LogP contribution in [0.3, 0.4) is 0 Å². The third-order valence-corrected chi connectivity index (χ3v) is 4.96. The van der Waals surface area contributed by atoms with Gasteiger partial charge in [0.1, 0.15) is 5.82 Å². The second-order valence-electron chi connectivity index (χ2n) is 7.02. The lowest BCUT2D eigenvalue weighted by Gasteiger charge is -2.38. The molecule has 0 unspecified atom stereocenters. The molecule has 1 saturated heterocycles. The van der Waals surface area contributed by atoms with E-state index in [4.69, 9.17) is 11.6 Å². The van der Waals surface area contributed by atoms with E-state index in [1.165, 1.54) is 12.1 Å². The highest BCUT2D eigenvalue weighted by molar-refractivity contribution is 6.30. The first-order chi connectivity index (χ1) is 12.3. The van der Waals surface area contributed by atoms with Crippen LogP contribution in [0.4, 0.5) is 14.9 Å². The number of urea groups is 1. The fraction of sp³-hybridized carbons (Fsp3) is 0.350. The van der Waals surface area contributed by atoms with Crippen LogP contribution < -0.4 is 10.2 Å². The summed E-state index contributed by atoms with van der Waals surface area (Å²) in [7, 11) is 0. The Balaban J connectivity index is 1.59. The largest absolute Gasteiger partial charge is 0.368 e. The summed E-state index contributed by atoms with van der Waals surface area (Å²) in [6.45, 7) is 6.62. The topological polar surface area (TPSA) is 35.6 Å². The molecule has 2 aromatic carbocycles. The molecule has 1 heterocycles. The molecule has 6 heteroatoms. The van der Waals surface area contributed by atoms with Gasteiger partial charge in [0.25, 0.3) is 0 Å². The quantitative estimate of drug-likeness (QED) is 0.870. The number of nitrogens with one attached hydrogen (secondary N) is 1. The standard InChI is InChI=1S/C20H23ClFN3O/c1-20(2,15-6-8-17(22)9-7-15)23-19(26)25-12-10-24(11-13-25)18-5-3-4-16(21)14-18/h3-9,14H,10-13H2,1-2H3,(H,23,26). The number of nitrogens with zero attached hydrogens (tertiary/aromatic N) is 2. The van der Waals surface area contributed by atoms with Crippen LogP contribution in [0, 0.1) is 5.82 Å². The van der Waals surface area contributed by atoms with Gasteiger partial charge in [0, 0.05) is 36.9 Å². The van der Waals surface area contributed by atoms with Gasteiger partial charge in [0.15, 0.2) is 0 Å². The van der Waals surface area contributed by atoms with E-state index in [2.05, 4.69) is 10.2 Å². The molecule has 0 spiro atoms. The maximum absolute atomic E-state index is 13.1. The molecule has 4 nitrogen and oxygen atoms in total. The van der Waals surface area contributed by atoms with Gasteiger partial charge >= 0.3 is 6.03 Å². The summed E-state index contributed by atoms with van der Waals surface area (Å²) in [4.78, 5) is 16.7. The van der Waals surface area contributed by atoms with Crippen LogP contribution in [-0.2, 0) is 5.54 Å². The molecule has 2 aromatic rings. The smallest absolute Gasteiger partial charge is 0.318 e. The molecule has 0 aromatic heterocycles. The highest BCUT2D eigenvalue weighted by Crippen LogP contribution is 2.23. The molecule has 1 fully saturated rings. The molecule has 0 bridgehead atoms.